The summed E-state index contributed by atoms with van der Waals surface area (Å²) < 4.78 is 17.7. The van der Waals surface area contributed by atoms with Crippen LogP contribution in [-0.4, -0.2) is 99.6 Å². The molecular formula is C74H129NO10. The van der Waals surface area contributed by atoms with Crippen molar-refractivity contribution in [3.05, 3.63) is 97.2 Å². The van der Waals surface area contributed by atoms with Crippen LogP contribution in [0.3, 0.4) is 0 Å². The summed E-state index contributed by atoms with van der Waals surface area (Å²) in [7, 11) is 0. The first-order valence-corrected chi connectivity index (χ1v) is 35.0. The molecule has 0 aromatic rings. The van der Waals surface area contributed by atoms with E-state index in [1.54, 1.807) is 6.08 Å². The van der Waals surface area contributed by atoms with Crippen molar-refractivity contribution in [2.45, 2.75) is 346 Å². The van der Waals surface area contributed by atoms with Crippen LogP contribution in [0.2, 0.25) is 0 Å². The van der Waals surface area contributed by atoms with Crippen molar-refractivity contribution >= 4 is 11.9 Å². The molecule has 8 unspecified atom stereocenters. The average Bonchev–Trinajstić information content (AvgIpc) is 2.90. The zero-order chi connectivity index (χ0) is 61.7. The number of ether oxygens (including phenoxy) is 3. The Labute approximate surface area is 520 Å². The quantitative estimate of drug-likeness (QED) is 0.0195. The molecule has 1 aliphatic rings. The molecule has 1 heterocycles. The van der Waals surface area contributed by atoms with Gasteiger partial charge in [0, 0.05) is 6.42 Å². The lowest BCUT2D eigenvalue weighted by molar-refractivity contribution is -0.305. The second-order valence-electron chi connectivity index (χ2n) is 23.9. The van der Waals surface area contributed by atoms with Crippen LogP contribution in [0.1, 0.15) is 297 Å². The summed E-state index contributed by atoms with van der Waals surface area (Å²) >= 11 is 0. The zero-order valence-electron chi connectivity index (χ0n) is 54.5. The predicted octanol–water partition coefficient (Wildman–Crippen LogP) is 17.8. The van der Waals surface area contributed by atoms with E-state index in [1.807, 2.05) is 6.08 Å². The van der Waals surface area contributed by atoms with Crippen molar-refractivity contribution in [3.63, 3.8) is 0 Å². The van der Waals surface area contributed by atoms with Crippen LogP contribution in [-0.2, 0) is 23.8 Å². The van der Waals surface area contributed by atoms with Gasteiger partial charge in [0.25, 0.3) is 0 Å². The summed E-state index contributed by atoms with van der Waals surface area (Å²) in [5, 5.41) is 57.2. The van der Waals surface area contributed by atoms with Gasteiger partial charge in [0.2, 0.25) is 5.91 Å². The summed E-state index contributed by atoms with van der Waals surface area (Å²) in [6.07, 6.45) is 71.5. The molecule has 0 aromatic carbocycles. The van der Waals surface area contributed by atoms with Gasteiger partial charge in [-0.25, -0.2) is 0 Å². The number of amides is 1. The van der Waals surface area contributed by atoms with Gasteiger partial charge < -0.3 is 45.1 Å². The van der Waals surface area contributed by atoms with Crippen molar-refractivity contribution in [2.75, 3.05) is 13.2 Å². The minimum Gasteiger partial charge on any atom is -0.454 e. The third kappa shape index (κ3) is 48.2. The number of nitrogens with one attached hydrogen (secondary N) is 1. The van der Waals surface area contributed by atoms with E-state index >= 15 is 0 Å². The first-order chi connectivity index (χ1) is 41.7. The first kappa shape index (κ1) is 79.6. The fraction of sp³-hybridized carbons (Fsp3) is 0.757. The Hall–Kier alpha value is -3.42. The number of allylic oxidation sites excluding steroid dienone is 15. The Morgan fingerprint density at radius 1 is 0.459 bits per heavy atom. The highest BCUT2D eigenvalue weighted by Crippen LogP contribution is 2.26. The highest BCUT2D eigenvalue weighted by Gasteiger charge is 2.47. The number of carbonyl (C=O) groups is 2. The number of carbonyl (C=O) groups excluding carboxylic acids is 2. The van der Waals surface area contributed by atoms with Crippen molar-refractivity contribution in [1.29, 1.82) is 0 Å². The number of esters is 1. The molecule has 1 rings (SSSR count). The third-order valence-electron chi connectivity index (χ3n) is 16.0. The van der Waals surface area contributed by atoms with Crippen molar-refractivity contribution in [2.24, 2.45) is 0 Å². The minimum atomic E-state index is -1.62. The standard InChI is InChI=1S/C74H129NO10/c1-4-7-10-13-16-19-22-24-26-28-30-32-34-36-38-40-42-44-47-50-53-56-59-62-69(79)85-72-71(81)70(80)68(63-76)84-74(72)83-64-65(66(77)60-57-54-51-48-45-21-18-15-12-9-6-3)75-73(82)67(78)61-58-55-52-49-46-43-41-39-37-35-33-31-29-27-25-23-20-17-14-11-8-5-2/h16-17,19-20,24-27,30-33,36,38,57,60,65-68,70-72,74,76-78,80-81H,4-15,18,21-23,28-29,34-35,37,39-56,58-59,61-64H2,1-3H3,(H,75,82)/b19-16-,20-17-,26-24-,27-25-,32-30-,33-31-,38-36-,60-57+. The highest BCUT2D eigenvalue weighted by atomic mass is 16.7. The lowest BCUT2D eigenvalue weighted by atomic mass is 9.99. The molecule has 1 fully saturated rings. The van der Waals surface area contributed by atoms with E-state index in [-0.39, 0.29) is 19.4 Å². The second kappa shape index (κ2) is 60.8. The van der Waals surface area contributed by atoms with Crippen LogP contribution < -0.4 is 5.32 Å². The van der Waals surface area contributed by atoms with E-state index in [0.717, 1.165) is 122 Å². The van der Waals surface area contributed by atoms with Crippen molar-refractivity contribution < 1.29 is 49.3 Å². The van der Waals surface area contributed by atoms with Crippen molar-refractivity contribution in [1.82, 2.24) is 5.32 Å². The fourth-order valence-corrected chi connectivity index (χ4v) is 10.4. The van der Waals surface area contributed by atoms with E-state index in [4.69, 9.17) is 14.2 Å². The molecule has 1 saturated heterocycles. The Balaban J connectivity index is 2.59. The van der Waals surface area contributed by atoms with Gasteiger partial charge in [0.05, 0.1) is 25.4 Å². The van der Waals surface area contributed by atoms with Gasteiger partial charge in [0.1, 0.15) is 24.4 Å². The Morgan fingerprint density at radius 3 is 1.24 bits per heavy atom. The summed E-state index contributed by atoms with van der Waals surface area (Å²) in [6.45, 7) is 5.74. The number of rotatable bonds is 59. The molecule has 0 radical (unpaired) electrons. The predicted molar refractivity (Wildman–Crippen MR) is 356 cm³/mol. The van der Waals surface area contributed by atoms with Gasteiger partial charge in [-0.05, 0) is 109 Å². The number of hydrogen-bond acceptors (Lipinski definition) is 10. The topological polar surface area (TPSA) is 175 Å². The minimum absolute atomic E-state index is 0.107. The van der Waals surface area contributed by atoms with Gasteiger partial charge in [-0.15, -0.1) is 0 Å². The van der Waals surface area contributed by atoms with E-state index in [0.29, 0.717) is 12.8 Å². The molecule has 0 spiro atoms. The van der Waals surface area contributed by atoms with Gasteiger partial charge in [-0.2, -0.15) is 0 Å². The average molecular weight is 1190 g/mol. The van der Waals surface area contributed by atoms with E-state index in [1.165, 1.54) is 128 Å². The third-order valence-corrected chi connectivity index (χ3v) is 16.0. The van der Waals surface area contributed by atoms with Gasteiger partial charge in [0.15, 0.2) is 12.4 Å². The summed E-state index contributed by atoms with van der Waals surface area (Å²) in [4.78, 5) is 26.7. The summed E-state index contributed by atoms with van der Waals surface area (Å²) in [6, 6.07) is -1.03. The molecule has 0 bridgehead atoms. The molecule has 11 nitrogen and oxygen atoms in total. The lowest BCUT2D eigenvalue weighted by Gasteiger charge is -2.41. The normalized spacial score (nSPS) is 19.0. The smallest absolute Gasteiger partial charge is 0.306 e. The van der Waals surface area contributed by atoms with Crippen LogP contribution in [0.15, 0.2) is 97.2 Å². The number of unbranched alkanes of at least 4 members (excludes halogenated alkanes) is 31. The van der Waals surface area contributed by atoms with Gasteiger partial charge in [-0.1, -0.05) is 279 Å². The molecule has 1 amide bonds. The van der Waals surface area contributed by atoms with E-state index in [2.05, 4.69) is 111 Å². The summed E-state index contributed by atoms with van der Waals surface area (Å²) in [5.74, 6) is -1.21. The SMILES string of the molecule is CCCCC/C=C\C/C=C\C/C=C\C/C=C\CCCCCCCCCC(=O)OC1C(OCC(NC(=O)C(O)CCCCCCCCCCC/C=C\C/C=C\C/C=C\CCCCC)C(O)/C=C/CCCCCCCCCCC)OC(CO)C(O)C1O. The Kier molecular flexibility index (Phi) is 57.0. The van der Waals surface area contributed by atoms with Crippen LogP contribution in [0.4, 0.5) is 0 Å². The lowest BCUT2D eigenvalue weighted by Crippen LogP contribution is -2.61. The molecule has 1 aliphatic heterocycles. The Bertz CT molecular complexity index is 1750. The molecule has 0 aliphatic carbocycles. The number of aliphatic hydroxyl groups excluding tert-OH is 5. The maximum absolute atomic E-state index is 13.5. The van der Waals surface area contributed by atoms with Crippen molar-refractivity contribution in [3.8, 4) is 0 Å². The van der Waals surface area contributed by atoms with Gasteiger partial charge in [-0.3, -0.25) is 9.59 Å². The highest BCUT2D eigenvalue weighted by molar-refractivity contribution is 5.80. The molecule has 6 N–H and O–H groups in total. The molecule has 0 aromatic heterocycles. The molecule has 490 valence electrons. The fourth-order valence-electron chi connectivity index (χ4n) is 10.4. The maximum Gasteiger partial charge on any atom is 0.306 e. The first-order valence-electron chi connectivity index (χ1n) is 35.0. The molecule has 8 atom stereocenters. The Morgan fingerprint density at radius 2 is 0.812 bits per heavy atom. The van der Waals surface area contributed by atoms with Crippen LogP contribution >= 0.6 is 0 Å². The molecular weight excluding hydrogens is 1060 g/mol. The maximum atomic E-state index is 13.5. The molecule has 11 heteroatoms. The zero-order valence-corrected chi connectivity index (χ0v) is 54.5. The molecule has 85 heavy (non-hydrogen) atoms. The van der Waals surface area contributed by atoms with Crippen LogP contribution in [0.5, 0.6) is 0 Å². The largest absolute Gasteiger partial charge is 0.454 e. The number of hydrogen-bond donors (Lipinski definition) is 6. The monoisotopic (exact) mass is 1190 g/mol. The number of aliphatic hydroxyl groups is 5. The second-order valence-corrected chi connectivity index (χ2v) is 23.9. The van der Waals surface area contributed by atoms with E-state index < -0.39 is 67.4 Å². The van der Waals surface area contributed by atoms with Gasteiger partial charge >= 0.3 is 5.97 Å². The van der Waals surface area contributed by atoms with Crippen LogP contribution in [0.25, 0.3) is 0 Å². The molecule has 0 saturated carbocycles. The van der Waals surface area contributed by atoms with E-state index in [9.17, 15) is 35.1 Å². The summed E-state index contributed by atoms with van der Waals surface area (Å²) in [5.41, 5.74) is 0. The van der Waals surface area contributed by atoms with Crippen LogP contribution in [0, 0.1) is 0 Å².